The maximum Gasteiger partial charge on any atom is 0.338 e. The molecule has 0 saturated heterocycles. The van der Waals surface area contributed by atoms with E-state index in [0.29, 0.717) is 16.3 Å². The van der Waals surface area contributed by atoms with Gasteiger partial charge in [-0.3, -0.25) is 0 Å². The number of nitrogens with one attached hydrogen (secondary N) is 2. The fourth-order valence-electron chi connectivity index (χ4n) is 2.09. The van der Waals surface area contributed by atoms with E-state index >= 15 is 0 Å². The Morgan fingerprint density at radius 1 is 1.22 bits per heavy atom. The highest BCUT2D eigenvalue weighted by molar-refractivity contribution is 6.30. The molecule has 2 aliphatic heterocycles. The lowest BCUT2D eigenvalue weighted by atomic mass is 9.96. The number of cyclic esters (lactones) is 1. The zero-order valence-corrected chi connectivity index (χ0v) is 9.95. The summed E-state index contributed by atoms with van der Waals surface area (Å²) >= 11 is 5.82. The van der Waals surface area contributed by atoms with Crippen LogP contribution >= 0.6 is 11.6 Å². The van der Waals surface area contributed by atoms with Gasteiger partial charge in [0.15, 0.2) is 0 Å². The van der Waals surface area contributed by atoms with Gasteiger partial charge >= 0.3 is 12.0 Å². The number of carbonyl (C=O) groups is 2. The van der Waals surface area contributed by atoms with E-state index in [0.717, 1.165) is 5.56 Å². The van der Waals surface area contributed by atoms with Gasteiger partial charge in [-0.05, 0) is 17.7 Å². The zero-order chi connectivity index (χ0) is 12.7. The number of urea groups is 1. The van der Waals surface area contributed by atoms with Crippen molar-refractivity contribution in [2.75, 3.05) is 6.61 Å². The first-order valence-corrected chi connectivity index (χ1v) is 5.76. The number of benzene rings is 1. The third-order valence-electron chi connectivity index (χ3n) is 2.92. The van der Waals surface area contributed by atoms with E-state index in [9.17, 15) is 9.59 Å². The van der Waals surface area contributed by atoms with Crippen LogP contribution in [0.5, 0.6) is 0 Å². The number of rotatable bonds is 1. The molecule has 18 heavy (non-hydrogen) atoms. The quantitative estimate of drug-likeness (QED) is 0.756. The maximum atomic E-state index is 11.7. The Morgan fingerprint density at radius 3 is 2.67 bits per heavy atom. The lowest BCUT2D eigenvalue weighted by Gasteiger charge is -2.24. The summed E-state index contributed by atoms with van der Waals surface area (Å²) in [7, 11) is 0. The van der Waals surface area contributed by atoms with Crippen LogP contribution in [0.4, 0.5) is 4.79 Å². The fourth-order valence-corrected chi connectivity index (χ4v) is 2.22. The van der Waals surface area contributed by atoms with Crippen molar-refractivity contribution in [3.05, 3.63) is 46.1 Å². The molecule has 0 radical (unpaired) electrons. The third-order valence-corrected chi connectivity index (χ3v) is 3.18. The summed E-state index contributed by atoms with van der Waals surface area (Å²) in [5.41, 5.74) is 1.78. The first-order valence-electron chi connectivity index (χ1n) is 5.38. The molecule has 0 fully saturated rings. The number of hydrogen-bond acceptors (Lipinski definition) is 3. The minimum Gasteiger partial charge on any atom is -0.456 e. The Morgan fingerprint density at radius 2 is 1.94 bits per heavy atom. The van der Waals surface area contributed by atoms with Gasteiger partial charge in [-0.1, -0.05) is 23.7 Å². The van der Waals surface area contributed by atoms with Crippen molar-refractivity contribution in [1.29, 1.82) is 0 Å². The summed E-state index contributed by atoms with van der Waals surface area (Å²) in [5.74, 6) is -0.405. The smallest absolute Gasteiger partial charge is 0.338 e. The van der Waals surface area contributed by atoms with Gasteiger partial charge in [0.1, 0.15) is 6.61 Å². The molecule has 0 spiro atoms. The summed E-state index contributed by atoms with van der Waals surface area (Å²) in [6.45, 7) is 0.117. The number of amides is 2. The molecule has 2 heterocycles. The van der Waals surface area contributed by atoms with Gasteiger partial charge in [-0.15, -0.1) is 0 Å². The van der Waals surface area contributed by atoms with E-state index in [1.807, 2.05) is 0 Å². The molecule has 0 bridgehead atoms. The van der Waals surface area contributed by atoms with Crippen LogP contribution in [-0.2, 0) is 9.53 Å². The predicted molar refractivity (Wildman–Crippen MR) is 63.8 cm³/mol. The van der Waals surface area contributed by atoms with Gasteiger partial charge in [0, 0.05) is 5.02 Å². The molecule has 3 rings (SSSR count). The van der Waals surface area contributed by atoms with Crippen LogP contribution < -0.4 is 10.6 Å². The van der Waals surface area contributed by atoms with E-state index in [1.165, 1.54) is 0 Å². The van der Waals surface area contributed by atoms with E-state index in [4.69, 9.17) is 16.3 Å². The summed E-state index contributed by atoms with van der Waals surface area (Å²) in [4.78, 5) is 23.2. The van der Waals surface area contributed by atoms with Crippen molar-refractivity contribution >= 4 is 23.6 Å². The summed E-state index contributed by atoms with van der Waals surface area (Å²) in [6, 6.07) is 6.15. The van der Waals surface area contributed by atoms with Crippen LogP contribution in [-0.4, -0.2) is 18.6 Å². The van der Waals surface area contributed by atoms with Crippen LogP contribution in [0, 0.1) is 0 Å². The van der Waals surface area contributed by atoms with Crippen molar-refractivity contribution in [3.8, 4) is 0 Å². The molecular weight excluding hydrogens is 256 g/mol. The first kappa shape index (κ1) is 11.1. The topological polar surface area (TPSA) is 67.4 Å². The van der Waals surface area contributed by atoms with Crippen molar-refractivity contribution in [1.82, 2.24) is 10.6 Å². The molecule has 0 aromatic heterocycles. The predicted octanol–water partition coefficient (Wildman–Crippen LogP) is 1.50. The SMILES string of the molecule is O=C1NC2=C(C(=O)OC2)C(c2ccc(Cl)cc2)N1. The molecule has 1 aromatic rings. The maximum absolute atomic E-state index is 11.7. The minimum absolute atomic E-state index is 0.117. The summed E-state index contributed by atoms with van der Waals surface area (Å²) in [5, 5.41) is 5.88. The monoisotopic (exact) mass is 264 g/mol. The van der Waals surface area contributed by atoms with Gasteiger partial charge < -0.3 is 15.4 Å². The molecular formula is C12H9ClN2O3. The average Bonchev–Trinajstić information content (AvgIpc) is 2.71. The van der Waals surface area contributed by atoms with E-state index < -0.39 is 12.0 Å². The molecule has 2 amide bonds. The number of carbonyl (C=O) groups excluding carboxylic acids is 2. The molecule has 92 valence electrons. The second-order valence-corrected chi connectivity index (χ2v) is 4.49. The van der Waals surface area contributed by atoms with Crippen molar-refractivity contribution in [2.24, 2.45) is 0 Å². The first-order chi connectivity index (χ1) is 8.65. The third kappa shape index (κ3) is 1.73. The Kier molecular flexibility index (Phi) is 2.48. The standard InChI is InChI=1S/C12H9ClN2O3/c13-7-3-1-6(2-4-7)10-9-8(5-18-11(9)16)14-12(17)15-10/h1-4,10H,5H2,(H2,14,15,17). The molecule has 2 aliphatic rings. The molecule has 5 nitrogen and oxygen atoms in total. The summed E-state index contributed by atoms with van der Waals surface area (Å²) < 4.78 is 4.93. The molecule has 1 aromatic carbocycles. The van der Waals surface area contributed by atoms with Gasteiger partial charge in [0.25, 0.3) is 0 Å². The van der Waals surface area contributed by atoms with Gasteiger partial charge in [0.05, 0.1) is 17.3 Å². The number of ether oxygens (including phenoxy) is 1. The van der Waals surface area contributed by atoms with Crippen LogP contribution in [0.15, 0.2) is 35.5 Å². The highest BCUT2D eigenvalue weighted by atomic mass is 35.5. The lowest BCUT2D eigenvalue weighted by molar-refractivity contribution is -0.136. The minimum atomic E-state index is -0.485. The lowest BCUT2D eigenvalue weighted by Crippen LogP contribution is -2.44. The van der Waals surface area contributed by atoms with Crippen molar-refractivity contribution in [2.45, 2.75) is 6.04 Å². The molecule has 0 saturated carbocycles. The Hall–Kier alpha value is -2.01. The van der Waals surface area contributed by atoms with Gasteiger partial charge in [0.2, 0.25) is 0 Å². The van der Waals surface area contributed by atoms with Crippen LogP contribution in [0.2, 0.25) is 5.02 Å². The fraction of sp³-hybridized carbons (Fsp3) is 0.167. The largest absolute Gasteiger partial charge is 0.456 e. The Bertz CT molecular complexity index is 565. The molecule has 1 unspecified atom stereocenters. The molecule has 6 heteroatoms. The van der Waals surface area contributed by atoms with Gasteiger partial charge in [-0.25, -0.2) is 9.59 Å². The van der Waals surface area contributed by atoms with Crippen molar-refractivity contribution in [3.63, 3.8) is 0 Å². The van der Waals surface area contributed by atoms with Crippen LogP contribution in [0.1, 0.15) is 11.6 Å². The van der Waals surface area contributed by atoms with E-state index in [2.05, 4.69) is 10.6 Å². The Balaban J connectivity index is 2.04. The number of esters is 1. The van der Waals surface area contributed by atoms with E-state index in [1.54, 1.807) is 24.3 Å². The van der Waals surface area contributed by atoms with Crippen molar-refractivity contribution < 1.29 is 14.3 Å². The van der Waals surface area contributed by atoms with Gasteiger partial charge in [-0.2, -0.15) is 0 Å². The average molecular weight is 265 g/mol. The second-order valence-electron chi connectivity index (χ2n) is 4.05. The molecule has 1 atom stereocenters. The molecule has 0 aliphatic carbocycles. The Labute approximate surface area is 108 Å². The normalized spacial score (nSPS) is 22.2. The van der Waals surface area contributed by atoms with Crippen LogP contribution in [0.3, 0.4) is 0 Å². The molecule has 2 N–H and O–H groups in total. The highest BCUT2D eigenvalue weighted by Crippen LogP contribution is 2.31. The summed E-state index contributed by atoms with van der Waals surface area (Å²) in [6.07, 6.45) is 0. The van der Waals surface area contributed by atoms with E-state index in [-0.39, 0.29) is 12.6 Å². The van der Waals surface area contributed by atoms with Crippen LogP contribution in [0.25, 0.3) is 0 Å². The zero-order valence-electron chi connectivity index (χ0n) is 9.20. The number of hydrogen-bond donors (Lipinski definition) is 2. The second kappa shape index (κ2) is 4.03. The highest BCUT2D eigenvalue weighted by Gasteiger charge is 2.37. The number of halogens is 1.